The second-order valence-corrected chi connectivity index (χ2v) is 10.6. The number of esters is 1. The number of ether oxygens (including phenoxy) is 1. The molecule has 1 aromatic heterocycles. The third kappa shape index (κ3) is 6.27. The lowest BCUT2D eigenvalue weighted by atomic mass is 9.87. The minimum absolute atomic E-state index is 0.222. The first-order valence-corrected chi connectivity index (χ1v) is 13.6. The van der Waals surface area contributed by atoms with Gasteiger partial charge in [0.05, 0.1) is 11.4 Å². The number of carbonyl (C=O) groups excluding carboxylic acids is 2. The van der Waals surface area contributed by atoms with Crippen molar-refractivity contribution in [2.24, 2.45) is 15.5 Å². The molecule has 0 aliphatic carbocycles. The molecule has 1 amide bonds. The van der Waals surface area contributed by atoms with Crippen molar-refractivity contribution in [3.63, 3.8) is 0 Å². The summed E-state index contributed by atoms with van der Waals surface area (Å²) < 4.78 is 4.87. The first kappa shape index (κ1) is 28.7. The topological polar surface area (TPSA) is 114 Å². The van der Waals surface area contributed by atoms with Gasteiger partial charge in [-0.1, -0.05) is 27.7 Å². The standard InChI is InChI=1S/C30H37N7O3/c1-8-25(39)40-18-24(38)31-21-13-11-20(12-14-21)28-33-29-26(27(30(5,6)7)34-37(29)35-28)32-23-16-15-22(17-19(23)4)36(9-2)10-3/h11-17H,8-10,18H2,1-7H3,(H,31,38). The molecule has 3 aromatic rings. The summed E-state index contributed by atoms with van der Waals surface area (Å²) in [6.45, 7) is 15.9. The van der Waals surface area contributed by atoms with E-state index in [-0.39, 0.29) is 18.4 Å². The highest BCUT2D eigenvalue weighted by atomic mass is 16.5. The molecule has 0 spiro atoms. The molecular weight excluding hydrogens is 506 g/mol. The highest BCUT2D eigenvalue weighted by Crippen LogP contribution is 2.31. The number of anilines is 2. The number of nitrogens with zero attached hydrogens (tertiary/aromatic N) is 6. The molecule has 210 valence electrons. The fourth-order valence-electron chi connectivity index (χ4n) is 4.32. The maximum absolute atomic E-state index is 12.0. The summed E-state index contributed by atoms with van der Waals surface area (Å²) in [5, 5.41) is 12.1. The van der Waals surface area contributed by atoms with Gasteiger partial charge in [0.2, 0.25) is 5.82 Å². The molecule has 2 aromatic carbocycles. The number of rotatable bonds is 9. The monoisotopic (exact) mass is 543 g/mol. The lowest BCUT2D eigenvalue weighted by molar-refractivity contribution is -0.146. The van der Waals surface area contributed by atoms with Crippen LogP contribution < -0.4 is 10.2 Å². The van der Waals surface area contributed by atoms with E-state index >= 15 is 0 Å². The van der Waals surface area contributed by atoms with Crippen LogP contribution in [0.5, 0.6) is 0 Å². The van der Waals surface area contributed by atoms with E-state index in [4.69, 9.17) is 19.8 Å². The lowest BCUT2D eigenvalue weighted by Crippen LogP contribution is -2.27. The van der Waals surface area contributed by atoms with Gasteiger partial charge in [0.15, 0.2) is 12.4 Å². The van der Waals surface area contributed by atoms with Crippen molar-refractivity contribution in [2.75, 3.05) is 29.9 Å². The molecule has 1 N–H and O–H groups in total. The number of aryl methyl sites for hydroxylation is 1. The summed E-state index contributed by atoms with van der Waals surface area (Å²) in [5.74, 6) is 0.264. The zero-order chi connectivity index (χ0) is 29.0. The molecule has 40 heavy (non-hydrogen) atoms. The Balaban J connectivity index is 1.60. The van der Waals surface area contributed by atoms with E-state index in [9.17, 15) is 9.59 Å². The van der Waals surface area contributed by atoms with E-state index in [0.717, 1.165) is 35.6 Å². The van der Waals surface area contributed by atoms with Crippen LogP contribution >= 0.6 is 0 Å². The number of fused-ring (bicyclic) bond motifs is 1. The summed E-state index contributed by atoms with van der Waals surface area (Å²) in [5.41, 5.74) is 5.72. The number of carbonyl (C=O) groups is 2. The molecule has 0 atom stereocenters. The van der Waals surface area contributed by atoms with E-state index in [1.54, 1.807) is 23.8 Å². The normalized spacial score (nSPS) is 13.7. The van der Waals surface area contributed by atoms with Crippen LogP contribution in [0.1, 0.15) is 59.4 Å². The summed E-state index contributed by atoms with van der Waals surface area (Å²) in [4.78, 5) is 37.0. The van der Waals surface area contributed by atoms with Crippen LogP contribution in [0, 0.1) is 12.3 Å². The number of nitrogens with one attached hydrogen (secondary N) is 1. The van der Waals surface area contributed by atoms with Crippen molar-refractivity contribution in [1.29, 1.82) is 0 Å². The van der Waals surface area contributed by atoms with E-state index in [0.29, 0.717) is 23.0 Å². The molecule has 0 saturated carbocycles. The van der Waals surface area contributed by atoms with Crippen molar-refractivity contribution in [3.05, 3.63) is 53.9 Å². The van der Waals surface area contributed by atoms with Crippen LogP contribution in [0.3, 0.4) is 0 Å². The van der Waals surface area contributed by atoms with E-state index in [1.807, 2.05) is 18.2 Å². The van der Waals surface area contributed by atoms with Crippen LogP contribution in [0.4, 0.5) is 17.1 Å². The molecule has 0 fully saturated rings. The Morgan fingerprint density at radius 1 is 1.05 bits per heavy atom. The van der Waals surface area contributed by atoms with Gasteiger partial charge >= 0.3 is 5.97 Å². The average Bonchev–Trinajstić information content (AvgIpc) is 3.49. The van der Waals surface area contributed by atoms with Gasteiger partial charge in [0.1, 0.15) is 5.71 Å². The molecule has 10 heteroatoms. The molecule has 10 nitrogen and oxygen atoms in total. The van der Waals surface area contributed by atoms with Gasteiger partial charge in [0, 0.05) is 41.9 Å². The summed E-state index contributed by atoms with van der Waals surface area (Å²) >= 11 is 0. The van der Waals surface area contributed by atoms with Crippen molar-refractivity contribution >= 4 is 40.4 Å². The van der Waals surface area contributed by atoms with E-state index < -0.39 is 11.9 Å². The quantitative estimate of drug-likeness (QED) is 0.363. The van der Waals surface area contributed by atoms with Crippen LogP contribution in [0.15, 0.2) is 52.6 Å². The number of aliphatic imine (C=N–C) groups is 1. The third-order valence-corrected chi connectivity index (χ3v) is 6.55. The fourth-order valence-corrected chi connectivity index (χ4v) is 4.32. The predicted molar refractivity (Wildman–Crippen MR) is 159 cm³/mol. The van der Waals surface area contributed by atoms with Gasteiger partial charge < -0.3 is 15.0 Å². The molecule has 0 bridgehead atoms. The Morgan fingerprint density at radius 3 is 2.35 bits per heavy atom. The molecule has 1 aliphatic heterocycles. The van der Waals surface area contributed by atoms with E-state index in [1.165, 1.54) is 5.69 Å². The highest BCUT2D eigenvalue weighted by molar-refractivity contribution is 6.50. The number of hydrogen-bond acceptors (Lipinski definition) is 8. The Bertz CT molecular complexity index is 1460. The number of benzene rings is 2. The van der Waals surface area contributed by atoms with E-state index in [2.05, 4.69) is 69.0 Å². The zero-order valence-corrected chi connectivity index (χ0v) is 24.3. The van der Waals surface area contributed by atoms with Gasteiger partial charge in [-0.3, -0.25) is 9.59 Å². The third-order valence-electron chi connectivity index (χ3n) is 6.55. The number of amides is 1. The number of aromatic nitrogens is 3. The lowest BCUT2D eigenvalue weighted by Gasteiger charge is -2.22. The summed E-state index contributed by atoms with van der Waals surface area (Å²) in [6.07, 6.45) is 0.222. The number of hydrogen-bond donors (Lipinski definition) is 1. The highest BCUT2D eigenvalue weighted by Gasteiger charge is 2.35. The van der Waals surface area contributed by atoms with Gasteiger partial charge in [-0.25, -0.2) is 9.98 Å². The first-order chi connectivity index (χ1) is 19.0. The molecule has 4 rings (SSSR count). The Kier molecular flexibility index (Phi) is 8.46. The van der Waals surface area contributed by atoms with Crippen molar-refractivity contribution in [2.45, 2.75) is 54.9 Å². The maximum atomic E-state index is 12.0. The minimum Gasteiger partial charge on any atom is -0.456 e. The van der Waals surface area contributed by atoms with Crippen molar-refractivity contribution in [1.82, 2.24) is 14.9 Å². The molecule has 2 heterocycles. The van der Waals surface area contributed by atoms with Crippen LogP contribution in [0.2, 0.25) is 0 Å². The first-order valence-electron chi connectivity index (χ1n) is 13.6. The van der Waals surface area contributed by atoms with Crippen LogP contribution in [-0.4, -0.2) is 57.9 Å². The zero-order valence-electron chi connectivity index (χ0n) is 24.3. The van der Waals surface area contributed by atoms with Gasteiger partial charge in [-0.2, -0.15) is 5.10 Å². The van der Waals surface area contributed by atoms with Crippen LogP contribution in [0.25, 0.3) is 11.4 Å². The van der Waals surface area contributed by atoms with Gasteiger partial charge in [0.25, 0.3) is 5.91 Å². The van der Waals surface area contributed by atoms with Crippen molar-refractivity contribution < 1.29 is 14.3 Å². The molecule has 0 unspecified atom stereocenters. The van der Waals surface area contributed by atoms with Gasteiger partial charge in [-0.05, 0) is 68.8 Å². The predicted octanol–water partition coefficient (Wildman–Crippen LogP) is 5.38. The smallest absolute Gasteiger partial charge is 0.306 e. The SMILES string of the molecule is CCC(=O)OCC(=O)Nc1ccc(-c2nc3n(n2)N=C(C(C)(C)C)C3=Nc2ccc(N(CC)CC)cc2C)cc1. The molecule has 0 radical (unpaired) electrons. The second-order valence-electron chi connectivity index (χ2n) is 10.6. The Morgan fingerprint density at radius 2 is 1.75 bits per heavy atom. The largest absolute Gasteiger partial charge is 0.456 e. The Hall–Kier alpha value is -4.34. The molecule has 1 aliphatic rings. The Labute approximate surface area is 235 Å². The minimum atomic E-state index is -0.420. The summed E-state index contributed by atoms with van der Waals surface area (Å²) in [6, 6.07) is 13.5. The average molecular weight is 544 g/mol. The molecular formula is C30H37N7O3. The van der Waals surface area contributed by atoms with Crippen LogP contribution in [-0.2, 0) is 14.3 Å². The fraction of sp³-hybridized carbons (Fsp3) is 0.400. The second kappa shape index (κ2) is 11.8. The molecule has 0 saturated heterocycles. The summed E-state index contributed by atoms with van der Waals surface area (Å²) in [7, 11) is 0. The van der Waals surface area contributed by atoms with Crippen molar-refractivity contribution in [3.8, 4) is 11.4 Å². The van der Waals surface area contributed by atoms with Gasteiger partial charge in [-0.15, -0.1) is 9.89 Å². The maximum Gasteiger partial charge on any atom is 0.306 e.